The molecule has 0 spiro atoms. The smallest absolute Gasteiger partial charge is 0.392 e. The SMILES string of the molecule is O=c1ccn([C@H]2C[C@H](O)[C@@H](COP(=O)(O)O)S2)c(=O)[nH]1. The van der Waals surface area contributed by atoms with Crippen LogP contribution in [0.2, 0.25) is 0 Å². The van der Waals surface area contributed by atoms with Crippen molar-refractivity contribution in [3.8, 4) is 0 Å². The van der Waals surface area contributed by atoms with Gasteiger partial charge in [-0.05, 0) is 0 Å². The van der Waals surface area contributed by atoms with E-state index in [1.54, 1.807) is 0 Å². The van der Waals surface area contributed by atoms with Gasteiger partial charge in [0.05, 0.1) is 23.3 Å². The first-order valence-corrected chi connectivity index (χ1v) is 8.08. The van der Waals surface area contributed by atoms with Crippen molar-refractivity contribution < 1.29 is 24.0 Å². The number of hydrogen-bond donors (Lipinski definition) is 4. The molecule has 4 N–H and O–H groups in total. The summed E-state index contributed by atoms with van der Waals surface area (Å²) in [5, 5.41) is 8.83. The lowest BCUT2D eigenvalue weighted by atomic mass is 10.2. The lowest BCUT2D eigenvalue weighted by Gasteiger charge is -2.14. The molecule has 0 amide bonds. The van der Waals surface area contributed by atoms with Crippen LogP contribution in [0.5, 0.6) is 0 Å². The lowest BCUT2D eigenvalue weighted by molar-refractivity contribution is 0.128. The number of phosphoric ester groups is 1. The van der Waals surface area contributed by atoms with Crippen molar-refractivity contribution in [1.29, 1.82) is 0 Å². The highest BCUT2D eigenvalue weighted by Gasteiger charge is 2.36. The maximum atomic E-state index is 11.6. The van der Waals surface area contributed by atoms with Crippen LogP contribution in [0.15, 0.2) is 21.9 Å². The number of aliphatic hydroxyl groups excluding tert-OH is 1. The highest BCUT2D eigenvalue weighted by Crippen LogP contribution is 2.44. The summed E-state index contributed by atoms with van der Waals surface area (Å²) in [5.41, 5.74) is -1.12. The Morgan fingerprint density at radius 3 is 2.80 bits per heavy atom. The van der Waals surface area contributed by atoms with Gasteiger partial charge < -0.3 is 14.9 Å². The summed E-state index contributed by atoms with van der Waals surface area (Å²) in [7, 11) is -4.59. The molecule has 1 aliphatic rings. The van der Waals surface area contributed by atoms with Crippen molar-refractivity contribution in [3.05, 3.63) is 33.1 Å². The monoisotopic (exact) mass is 324 g/mol. The Kier molecular flexibility index (Phi) is 4.52. The van der Waals surface area contributed by atoms with Gasteiger partial charge in [0.15, 0.2) is 0 Å². The molecule has 112 valence electrons. The number of nitrogens with zero attached hydrogens (tertiary/aromatic N) is 1. The molecule has 11 heteroatoms. The molecule has 1 aromatic heterocycles. The zero-order valence-electron chi connectivity index (χ0n) is 10.1. The minimum absolute atomic E-state index is 0.214. The average molecular weight is 324 g/mol. The average Bonchev–Trinajstić information content (AvgIpc) is 2.67. The highest BCUT2D eigenvalue weighted by atomic mass is 32.2. The minimum Gasteiger partial charge on any atom is -0.392 e. The van der Waals surface area contributed by atoms with E-state index in [1.807, 2.05) is 0 Å². The molecule has 0 aliphatic carbocycles. The van der Waals surface area contributed by atoms with Crippen molar-refractivity contribution in [2.75, 3.05) is 6.61 Å². The first kappa shape index (κ1) is 15.5. The summed E-state index contributed by atoms with van der Waals surface area (Å²) in [4.78, 5) is 41.9. The number of hydrogen-bond acceptors (Lipinski definition) is 6. The predicted molar refractivity (Wildman–Crippen MR) is 70.4 cm³/mol. The molecule has 3 atom stereocenters. The molecule has 1 aromatic rings. The van der Waals surface area contributed by atoms with E-state index in [2.05, 4.69) is 9.51 Å². The largest absolute Gasteiger partial charge is 0.469 e. The Morgan fingerprint density at radius 1 is 1.50 bits per heavy atom. The second kappa shape index (κ2) is 5.84. The highest BCUT2D eigenvalue weighted by molar-refractivity contribution is 8.00. The summed E-state index contributed by atoms with van der Waals surface area (Å²) in [6.07, 6.45) is 0.666. The maximum absolute atomic E-state index is 11.6. The molecular formula is C9H13N2O7PS. The van der Waals surface area contributed by atoms with Gasteiger partial charge in [-0.3, -0.25) is 18.9 Å². The third-order valence-electron chi connectivity index (χ3n) is 2.77. The Bertz CT molecular complexity index is 638. The van der Waals surface area contributed by atoms with Crippen molar-refractivity contribution in [2.45, 2.75) is 23.1 Å². The number of H-pyrrole nitrogens is 1. The Hall–Kier alpha value is -0.900. The van der Waals surface area contributed by atoms with Crippen LogP contribution in [0.3, 0.4) is 0 Å². The molecule has 2 heterocycles. The Labute approximate surface area is 116 Å². The van der Waals surface area contributed by atoms with E-state index in [0.29, 0.717) is 0 Å². The van der Waals surface area contributed by atoms with Crippen LogP contribution in [0.4, 0.5) is 0 Å². The van der Waals surface area contributed by atoms with Gasteiger partial charge in [0.1, 0.15) is 0 Å². The molecule has 0 bridgehead atoms. The fraction of sp³-hybridized carbons (Fsp3) is 0.556. The predicted octanol–water partition coefficient (Wildman–Crippen LogP) is -0.989. The standard InChI is InChI=1S/C9H13N2O7PS/c12-5-3-8(11-2-1-7(13)10-9(11)14)20-6(5)4-18-19(15,16)17/h1-2,5-6,8,12H,3-4H2,(H,10,13,14)(H2,15,16,17)/t5-,6+,8+/m0/s1. The van der Waals surface area contributed by atoms with Crippen LogP contribution < -0.4 is 11.2 Å². The second-order valence-corrected chi connectivity index (χ2v) is 6.90. The number of rotatable bonds is 4. The third kappa shape index (κ3) is 3.81. The van der Waals surface area contributed by atoms with Crippen LogP contribution in [-0.4, -0.2) is 42.4 Å². The molecule has 9 nitrogen and oxygen atoms in total. The van der Waals surface area contributed by atoms with Crippen LogP contribution in [0.25, 0.3) is 0 Å². The molecule has 20 heavy (non-hydrogen) atoms. The number of aromatic amines is 1. The van der Waals surface area contributed by atoms with Crippen LogP contribution in [-0.2, 0) is 9.09 Å². The molecule has 0 aromatic carbocycles. The minimum atomic E-state index is -4.59. The van der Waals surface area contributed by atoms with Gasteiger partial charge in [0, 0.05) is 18.7 Å². The Balaban J connectivity index is 2.08. The molecule has 2 rings (SSSR count). The maximum Gasteiger partial charge on any atom is 0.469 e. The number of aromatic nitrogens is 2. The zero-order chi connectivity index (χ0) is 14.9. The number of thioether (sulfide) groups is 1. The van der Waals surface area contributed by atoms with Crippen LogP contribution >= 0.6 is 19.6 Å². The van der Waals surface area contributed by atoms with E-state index in [1.165, 1.54) is 16.8 Å². The van der Waals surface area contributed by atoms with E-state index in [-0.39, 0.29) is 13.0 Å². The molecule has 1 fully saturated rings. The van der Waals surface area contributed by atoms with Crippen molar-refractivity contribution >= 4 is 19.6 Å². The molecule has 0 unspecified atom stereocenters. The van der Waals surface area contributed by atoms with E-state index in [9.17, 15) is 19.3 Å². The van der Waals surface area contributed by atoms with Gasteiger partial charge >= 0.3 is 13.5 Å². The lowest BCUT2D eigenvalue weighted by Crippen LogP contribution is -2.30. The molecule has 0 saturated carbocycles. The van der Waals surface area contributed by atoms with Gasteiger partial charge in [-0.15, -0.1) is 11.8 Å². The zero-order valence-corrected chi connectivity index (χ0v) is 11.8. The third-order valence-corrected chi connectivity index (χ3v) is 4.79. The fourth-order valence-electron chi connectivity index (χ4n) is 1.86. The van der Waals surface area contributed by atoms with Crippen molar-refractivity contribution in [2.24, 2.45) is 0 Å². The summed E-state index contributed by atoms with van der Waals surface area (Å²) < 4.78 is 16.2. The van der Waals surface area contributed by atoms with Crippen LogP contribution in [0, 0.1) is 0 Å². The van der Waals surface area contributed by atoms with Crippen LogP contribution in [0.1, 0.15) is 11.8 Å². The van der Waals surface area contributed by atoms with Crippen molar-refractivity contribution in [1.82, 2.24) is 9.55 Å². The van der Waals surface area contributed by atoms with E-state index < -0.39 is 35.8 Å². The van der Waals surface area contributed by atoms with Gasteiger partial charge in [0.2, 0.25) is 0 Å². The number of nitrogens with one attached hydrogen (secondary N) is 1. The van der Waals surface area contributed by atoms with Crippen molar-refractivity contribution in [3.63, 3.8) is 0 Å². The Morgan fingerprint density at radius 2 is 2.20 bits per heavy atom. The van der Waals surface area contributed by atoms with Gasteiger partial charge in [-0.2, -0.15) is 0 Å². The number of phosphoric acid groups is 1. The topological polar surface area (TPSA) is 142 Å². The summed E-state index contributed by atoms with van der Waals surface area (Å²) >= 11 is 1.16. The first-order chi connectivity index (χ1) is 9.26. The van der Waals surface area contributed by atoms with E-state index in [4.69, 9.17) is 9.79 Å². The first-order valence-electron chi connectivity index (χ1n) is 5.61. The molecule has 0 radical (unpaired) electrons. The molecular weight excluding hydrogens is 311 g/mol. The quantitative estimate of drug-likeness (QED) is 0.517. The molecule has 1 aliphatic heterocycles. The van der Waals surface area contributed by atoms with Gasteiger partial charge in [-0.1, -0.05) is 0 Å². The normalized spacial score (nSPS) is 26.9. The van der Waals surface area contributed by atoms with Gasteiger partial charge in [-0.25, -0.2) is 9.36 Å². The van der Waals surface area contributed by atoms with Gasteiger partial charge in [0.25, 0.3) is 5.56 Å². The van der Waals surface area contributed by atoms with E-state index in [0.717, 1.165) is 11.8 Å². The van der Waals surface area contributed by atoms with E-state index >= 15 is 0 Å². The summed E-state index contributed by atoms with van der Waals surface area (Å²) in [6, 6.07) is 1.19. The molecule has 1 saturated heterocycles. The summed E-state index contributed by atoms with van der Waals surface area (Å²) in [5.74, 6) is 0. The number of aliphatic hydroxyl groups is 1. The fourth-order valence-corrected chi connectivity index (χ4v) is 3.76. The second-order valence-electron chi connectivity index (χ2n) is 4.24. The summed E-state index contributed by atoms with van der Waals surface area (Å²) in [6.45, 7) is -0.329.